The topological polar surface area (TPSA) is 74.0 Å². The quantitative estimate of drug-likeness (QED) is 0.555. The van der Waals surface area contributed by atoms with Gasteiger partial charge in [-0.15, -0.1) is 0 Å². The number of alkyl carbamates (subject to hydrolysis) is 1. The molecule has 2 aromatic heterocycles. The minimum Gasteiger partial charge on any atom is -0.449 e. The van der Waals surface area contributed by atoms with Gasteiger partial charge in [0.25, 0.3) is 0 Å². The van der Waals surface area contributed by atoms with Crippen molar-refractivity contribution in [2.75, 3.05) is 6.61 Å². The summed E-state index contributed by atoms with van der Waals surface area (Å²) in [7, 11) is 0. The second kappa shape index (κ2) is 8.72. The van der Waals surface area contributed by atoms with Crippen LogP contribution in [0.1, 0.15) is 58.1 Å². The van der Waals surface area contributed by atoms with E-state index in [1.165, 1.54) is 4.68 Å². The van der Waals surface area contributed by atoms with Gasteiger partial charge in [0.2, 0.25) is 0 Å². The average molecular weight is 464 g/mol. The summed E-state index contributed by atoms with van der Waals surface area (Å²) in [5.74, 6) is 0.325. The monoisotopic (exact) mass is 463 g/mol. The van der Waals surface area contributed by atoms with E-state index in [0.717, 1.165) is 43.5 Å². The van der Waals surface area contributed by atoms with Crippen LogP contribution in [-0.4, -0.2) is 37.8 Å². The SMILES string of the molecule is CC(C)(C)NC(=O)OCC1CCC(n2cc3ccc(-n4cc(C(F)(F)F)cn4)cc3n2)CC1. The zero-order valence-electron chi connectivity index (χ0n) is 18.9. The van der Waals surface area contributed by atoms with Gasteiger partial charge in [0.05, 0.1) is 35.6 Å². The molecule has 1 saturated carbocycles. The van der Waals surface area contributed by atoms with E-state index in [2.05, 4.69) is 15.5 Å². The van der Waals surface area contributed by atoms with Crippen molar-refractivity contribution in [1.82, 2.24) is 24.9 Å². The van der Waals surface area contributed by atoms with Crippen LogP contribution in [0.5, 0.6) is 0 Å². The number of nitrogens with zero attached hydrogens (tertiary/aromatic N) is 4. The highest BCUT2D eigenvalue weighted by Crippen LogP contribution is 2.33. The van der Waals surface area contributed by atoms with Gasteiger partial charge in [-0.05, 0) is 70.6 Å². The maximum atomic E-state index is 12.9. The fraction of sp³-hybridized carbons (Fsp3) is 0.522. The molecule has 10 heteroatoms. The number of carbonyl (C=O) groups excluding carboxylic acids is 1. The summed E-state index contributed by atoms with van der Waals surface area (Å²) in [6.45, 7) is 6.13. The fourth-order valence-corrected chi connectivity index (χ4v) is 4.08. The molecule has 7 nitrogen and oxygen atoms in total. The molecule has 0 unspecified atom stereocenters. The Balaban J connectivity index is 1.37. The number of ether oxygens (including phenoxy) is 1. The van der Waals surface area contributed by atoms with E-state index in [1.807, 2.05) is 37.7 Å². The van der Waals surface area contributed by atoms with Gasteiger partial charge in [-0.2, -0.15) is 23.4 Å². The molecule has 178 valence electrons. The second-order valence-corrected chi connectivity index (χ2v) is 9.67. The van der Waals surface area contributed by atoms with Gasteiger partial charge in [-0.25, -0.2) is 9.48 Å². The van der Waals surface area contributed by atoms with Gasteiger partial charge >= 0.3 is 12.3 Å². The summed E-state index contributed by atoms with van der Waals surface area (Å²) in [6.07, 6.45) is 2.66. The number of halogens is 3. The first-order valence-electron chi connectivity index (χ1n) is 11.0. The van der Waals surface area contributed by atoms with E-state index in [9.17, 15) is 18.0 Å². The first-order chi connectivity index (χ1) is 15.5. The van der Waals surface area contributed by atoms with E-state index >= 15 is 0 Å². The molecule has 0 spiro atoms. The normalized spacial score (nSPS) is 19.6. The number of amides is 1. The van der Waals surface area contributed by atoms with Gasteiger partial charge in [0.1, 0.15) is 0 Å². The maximum absolute atomic E-state index is 12.9. The molecule has 1 N–H and O–H groups in total. The third-order valence-corrected chi connectivity index (χ3v) is 5.80. The number of aromatic nitrogens is 4. The Labute approximate surface area is 189 Å². The summed E-state index contributed by atoms with van der Waals surface area (Å²) in [5.41, 5.74) is 0.123. The van der Waals surface area contributed by atoms with Crippen LogP contribution in [0.3, 0.4) is 0 Å². The van der Waals surface area contributed by atoms with E-state index in [0.29, 0.717) is 23.7 Å². The lowest BCUT2D eigenvalue weighted by atomic mass is 9.86. The largest absolute Gasteiger partial charge is 0.449 e. The molecule has 0 atom stereocenters. The van der Waals surface area contributed by atoms with Gasteiger partial charge in [-0.3, -0.25) is 4.68 Å². The lowest BCUT2D eigenvalue weighted by Crippen LogP contribution is -2.41. The second-order valence-electron chi connectivity index (χ2n) is 9.67. The number of rotatable bonds is 4. The van der Waals surface area contributed by atoms with Crippen LogP contribution in [0, 0.1) is 5.92 Å². The molecular weight excluding hydrogens is 435 g/mol. The van der Waals surface area contributed by atoms with Gasteiger partial charge in [0, 0.05) is 23.3 Å². The Kier molecular flexibility index (Phi) is 6.11. The predicted molar refractivity (Wildman–Crippen MR) is 117 cm³/mol. The smallest absolute Gasteiger partial charge is 0.419 e. The third kappa shape index (κ3) is 5.66. The molecule has 33 heavy (non-hydrogen) atoms. The Morgan fingerprint density at radius 3 is 2.52 bits per heavy atom. The highest BCUT2D eigenvalue weighted by atomic mass is 19.4. The predicted octanol–water partition coefficient (Wildman–Crippen LogP) is 5.50. The minimum atomic E-state index is -4.43. The van der Waals surface area contributed by atoms with Crippen molar-refractivity contribution >= 4 is 17.0 Å². The van der Waals surface area contributed by atoms with Crippen molar-refractivity contribution in [3.8, 4) is 5.69 Å². The van der Waals surface area contributed by atoms with Crippen LogP contribution in [-0.2, 0) is 10.9 Å². The van der Waals surface area contributed by atoms with Gasteiger partial charge < -0.3 is 10.1 Å². The lowest BCUT2D eigenvalue weighted by Gasteiger charge is -2.29. The Morgan fingerprint density at radius 2 is 1.88 bits per heavy atom. The highest BCUT2D eigenvalue weighted by Gasteiger charge is 2.32. The van der Waals surface area contributed by atoms with Crippen molar-refractivity contribution < 1.29 is 22.7 Å². The van der Waals surface area contributed by atoms with Crippen molar-refractivity contribution in [3.05, 3.63) is 42.4 Å². The Morgan fingerprint density at radius 1 is 1.15 bits per heavy atom. The molecule has 2 heterocycles. The summed E-state index contributed by atoms with van der Waals surface area (Å²) < 4.78 is 47.1. The van der Waals surface area contributed by atoms with Crippen molar-refractivity contribution in [2.24, 2.45) is 5.92 Å². The lowest BCUT2D eigenvalue weighted by molar-refractivity contribution is -0.137. The molecule has 4 rings (SSSR count). The first-order valence-corrected chi connectivity index (χ1v) is 11.0. The zero-order chi connectivity index (χ0) is 23.8. The highest BCUT2D eigenvalue weighted by molar-refractivity contribution is 5.80. The summed E-state index contributed by atoms with van der Waals surface area (Å²) in [5, 5.41) is 12.2. The number of carbonyl (C=O) groups is 1. The molecule has 0 aliphatic heterocycles. The third-order valence-electron chi connectivity index (χ3n) is 5.80. The molecule has 0 saturated heterocycles. The van der Waals surface area contributed by atoms with Gasteiger partial charge in [0.15, 0.2) is 0 Å². The molecule has 1 amide bonds. The summed E-state index contributed by atoms with van der Waals surface area (Å²) >= 11 is 0. The van der Waals surface area contributed by atoms with Crippen molar-refractivity contribution in [3.63, 3.8) is 0 Å². The molecule has 1 fully saturated rings. The number of benzene rings is 1. The molecule has 1 aliphatic rings. The fourth-order valence-electron chi connectivity index (χ4n) is 4.08. The van der Waals surface area contributed by atoms with Crippen LogP contribution in [0.15, 0.2) is 36.8 Å². The molecule has 1 aliphatic carbocycles. The molecule has 0 bridgehead atoms. The van der Waals surface area contributed by atoms with Crippen LogP contribution in [0.25, 0.3) is 16.6 Å². The zero-order valence-corrected chi connectivity index (χ0v) is 18.9. The summed E-state index contributed by atoms with van der Waals surface area (Å²) in [4.78, 5) is 11.9. The van der Waals surface area contributed by atoms with Crippen LogP contribution in [0.2, 0.25) is 0 Å². The molecule has 0 radical (unpaired) electrons. The number of alkyl halides is 3. The van der Waals surface area contributed by atoms with E-state index in [-0.39, 0.29) is 11.6 Å². The number of nitrogens with one attached hydrogen (secondary N) is 1. The first kappa shape index (κ1) is 23.1. The molecular formula is C23H28F3N5O2. The van der Waals surface area contributed by atoms with Gasteiger partial charge in [-0.1, -0.05) is 0 Å². The van der Waals surface area contributed by atoms with E-state index in [4.69, 9.17) is 4.74 Å². The molecule has 1 aromatic carbocycles. The Hall–Kier alpha value is -3.04. The number of fused-ring (bicyclic) bond motifs is 1. The minimum absolute atomic E-state index is 0.238. The standard InChI is InChI=1S/C23H28F3N5O2/c1-22(2,3)28-21(32)33-14-15-4-7-18(8-5-15)31-12-16-6-9-19(10-20(16)29-31)30-13-17(11-27-30)23(24,25)26/h6,9-13,15,18H,4-5,7-8,14H2,1-3H3,(H,28,32). The van der Waals surface area contributed by atoms with E-state index < -0.39 is 17.8 Å². The van der Waals surface area contributed by atoms with Crippen molar-refractivity contribution in [2.45, 2.75) is 64.2 Å². The van der Waals surface area contributed by atoms with E-state index in [1.54, 1.807) is 12.1 Å². The maximum Gasteiger partial charge on any atom is 0.419 e. The van der Waals surface area contributed by atoms with Crippen LogP contribution in [0.4, 0.5) is 18.0 Å². The number of hydrogen-bond donors (Lipinski definition) is 1. The van der Waals surface area contributed by atoms with Crippen molar-refractivity contribution in [1.29, 1.82) is 0 Å². The summed E-state index contributed by atoms with van der Waals surface area (Å²) in [6, 6.07) is 5.56. The van der Waals surface area contributed by atoms with Crippen LogP contribution < -0.4 is 5.32 Å². The molecule has 3 aromatic rings. The van der Waals surface area contributed by atoms with Crippen LogP contribution >= 0.6 is 0 Å². The number of hydrogen-bond acceptors (Lipinski definition) is 4. The Bertz CT molecular complexity index is 1120. The average Bonchev–Trinajstić information content (AvgIpc) is 3.38.